The summed E-state index contributed by atoms with van der Waals surface area (Å²) in [5.74, 6) is 0. The molecule has 0 atom stereocenters. The Labute approximate surface area is 114 Å². The number of hydrogen-bond donors (Lipinski definition) is 1. The molecule has 0 saturated carbocycles. The maximum absolute atomic E-state index is 11.4. The van der Waals surface area contributed by atoms with E-state index < -0.39 is 10.0 Å². The monoisotopic (exact) mass is 281 g/mol. The lowest BCUT2D eigenvalue weighted by Gasteiger charge is -2.17. The van der Waals surface area contributed by atoms with Crippen LogP contribution in [-0.2, 0) is 10.0 Å². The topological polar surface area (TPSA) is 73.2 Å². The SMILES string of the molecule is CCN(CCCNc1cccc(C#N)c1)S(C)(=O)=O. The average Bonchev–Trinajstić information content (AvgIpc) is 2.37. The highest BCUT2D eigenvalue weighted by Gasteiger charge is 2.12. The van der Waals surface area contributed by atoms with Gasteiger partial charge in [-0.05, 0) is 24.6 Å². The van der Waals surface area contributed by atoms with Gasteiger partial charge in [0.05, 0.1) is 17.9 Å². The van der Waals surface area contributed by atoms with Crippen LogP contribution < -0.4 is 5.32 Å². The number of rotatable bonds is 7. The Kier molecular flexibility index (Phi) is 5.80. The predicted octanol–water partition coefficient (Wildman–Crippen LogP) is 1.64. The molecule has 0 bridgehead atoms. The van der Waals surface area contributed by atoms with Gasteiger partial charge in [-0.25, -0.2) is 12.7 Å². The van der Waals surface area contributed by atoms with Crippen molar-refractivity contribution in [3.63, 3.8) is 0 Å². The van der Waals surface area contributed by atoms with E-state index in [4.69, 9.17) is 5.26 Å². The zero-order chi connectivity index (χ0) is 14.3. The van der Waals surface area contributed by atoms with E-state index >= 15 is 0 Å². The van der Waals surface area contributed by atoms with Gasteiger partial charge >= 0.3 is 0 Å². The molecule has 0 amide bonds. The Bertz CT molecular complexity index is 549. The Balaban J connectivity index is 2.40. The van der Waals surface area contributed by atoms with Crippen LogP contribution >= 0.6 is 0 Å². The average molecular weight is 281 g/mol. The molecule has 1 N–H and O–H groups in total. The van der Waals surface area contributed by atoms with Gasteiger partial charge in [-0.2, -0.15) is 5.26 Å². The normalized spacial score (nSPS) is 11.3. The van der Waals surface area contributed by atoms with Crippen molar-refractivity contribution in [3.8, 4) is 6.07 Å². The predicted molar refractivity (Wildman–Crippen MR) is 76.4 cm³/mol. The number of nitriles is 1. The van der Waals surface area contributed by atoms with Crippen molar-refractivity contribution in [1.82, 2.24) is 4.31 Å². The molecule has 1 aromatic carbocycles. The molecule has 1 rings (SSSR count). The lowest BCUT2D eigenvalue weighted by molar-refractivity contribution is 0.429. The largest absolute Gasteiger partial charge is 0.385 e. The van der Waals surface area contributed by atoms with Crippen LogP contribution in [0.3, 0.4) is 0 Å². The van der Waals surface area contributed by atoms with Crippen molar-refractivity contribution in [2.45, 2.75) is 13.3 Å². The highest BCUT2D eigenvalue weighted by atomic mass is 32.2. The molecule has 19 heavy (non-hydrogen) atoms. The summed E-state index contributed by atoms with van der Waals surface area (Å²) in [6.07, 6.45) is 1.94. The molecule has 1 aromatic rings. The highest BCUT2D eigenvalue weighted by Crippen LogP contribution is 2.09. The van der Waals surface area contributed by atoms with E-state index in [-0.39, 0.29) is 0 Å². The van der Waals surface area contributed by atoms with Crippen LogP contribution in [0.1, 0.15) is 18.9 Å². The minimum atomic E-state index is -3.11. The fraction of sp³-hybridized carbons (Fsp3) is 0.462. The minimum Gasteiger partial charge on any atom is -0.385 e. The molecule has 0 aliphatic rings. The molecule has 0 aromatic heterocycles. The summed E-state index contributed by atoms with van der Waals surface area (Å²) in [4.78, 5) is 0. The first-order valence-electron chi connectivity index (χ1n) is 6.16. The third-order valence-electron chi connectivity index (χ3n) is 2.73. The lowest BCUT2D eigenvalue weighted by atomic mass is 10.2. The van der Waals surface area contributed by atoms with Crippen LogP contribution in [0.25, 0.3) is 0 Å². The lowest BCUT2D eigenvalue weighted by Crippen LogP contribution is -2.31. The van der Waals surface area contributed by atoms with Crippen molar-refractivity contribution < 1.29 is 8.42 Å². The molecular formula is C13H19N3O2S. The van der Waals surface area contributed by atoms with Gasteiger partial charge in [-0.3, -0.25) is 0 Å². The third-order valence-corrected chi connectivity index (χ3v) is 4.11. The molecule has 104 valence electrons. The van der Waals surface area contributed by atoms with Crippen LogP contribution in [0.15, 0.2) is 24.3 Å². The first kappa shape index (κ1) is 15.5. The van der Waals surface area contributed by atoms with Crippen molar-refractivity contribution >= 4 is 15.7 Å². The molecule has 0 heterocycles. The van der Waals surface area contributed by atoms with Crippen molar-refractivity contribution in [3.05, 3.63) is 29.8 Å². The van der Waals surface area contributed by atoms with Gasteiger partial charge in [-0.15, -0.1) is 0 Å². The Hall–Kier alpha value is -1.58. The van der Waals surface area contributed by atoms with Crippen LogP contribution in [0.4, 0.5) is 5.69 Å². The quantitative estimate of drug-likeness (QED) is 0.771. The van der Waals surface area contributed by atoms with Crippen molar-refractivity contribution in [2.24, 2.45) is 0 Å². The maximum atomic E-state index is 11.4. The fourth-order valence-electron chi connectivity index (χ4n) is 1.75. The number of benzene rings is 1. The van der Waals surface area contributed by atoms with Crippen LogP contribution in [0.5, 0.6) is 0 Å². The second kappa shape index (κ2) is 7.12. The molecule has 0 radical (unpaired) electrons. The summed E-state index contributed by atoms with van der Waals surface area (Å²) >= 11 is 0. The molecule has 0 fully saturated rings. The van der Waals surface area contributed by atoms with Gasteiger partial charge in [0, 0.05) is 25.3 Å². The Morgan fingerprint density at radius 3 is 2.74 bits per heavy atom. The summed E-state index contributed by atoms with van der Waals surface area (Å²) in [7, 11) is -3.11. The van der Waals surface area contributed by atoms with Crippen LogP contribution in [0, 0.1) is 11.3 Å². The maximum Gasteiger partial charge on any atom is 0.211 e. The summed E-state index contributed by atoms with van der Waals surface area (Å²) in [5, 5.41) is 12.0. The smallest absolute Gasteiger partial charge is 0.211 e. The minimum absolute atomic E-state index is 0.489. The number of sulfonamides is 1. The van der Waals surface area contributed by atoms with Gasteiger partial charge < -0.3 is 5.32 Å². The third kappa shape index (κ3) is 5.28. The van der Waals surface area contributed by atoms with Gasteiger partial charge in [0.25, 0.3) is 0 Å². The van der Waals surface area contributed by atoms with Crippen molar-refractivity contribution in [1.29, 1.82) is 5.26 Å². The Morgan fingerprint density at radius 2 is 2.16 bits per heavy atom. The van der Waals surface area contributed by atoms with Crippen LogP contribution in [0.2, 0.25) is 0 Å². The molecular weight excluding hydrogens is 262 g/mol. The molecule has 0 aliphatic heterocycles. The van der Waals surface area contributed by atoms with E-state index in [1.165, 1.54) is 10.6 Å². The van der Waals surface area contributed by atoms with E-state index in [9.17, 15) is 8.42 Å². The van der Waals surface area contributed by atoms with E-state index in [1.54, 1.807) is 12.1 Å². The van der Waals surface area contributed by atoms with E-state index in [0.29, 0.717) is 25.2 Å². The first-order valence-corrected chi connectivity index (χ1v) is 8.01. The zero-order valence-corrected chi connectivity index (χ0v) is 12.1. The molecule has 0 unspecified atom stereocenters. The van der Waals surface area contributed by atoms with E-state index in [0.717, 1.165) is 12.1 Å². The molecule has 0 spiro atoms. The van der Waals surface area contributed by atoms with Crippen molar-refractivity contribution in [2.75, 3.05) is 31.2 Å². The van der Waals surface area contributed by atoms with E-state index in [2.05, 4.69) is 11.4 Å². The number of hydrogen-bond acceptors (Lipinski definition) is 4. The second-order valence-corrected chi connectivity index (χ2v) is 6.21. The fourth-order valence-corrected chi connectivity index (χ4v) is 2.68. The summed E-state index contributed by atoms with van der Waals surface area (Å²) in [6, 6.07) is 9.29. The number of nitrogens with one attached hydrogen (secondary N) is 1. The van der Waals surface area contributed by atoms with Gasteiger partial charge in [-0.1, -0.05) is 13.0 Å². The van der Waals surface area contributed by atoms with E-state index in [1.807, 2.05) is 19.1 Å². The van der Waals surface area contributed by atoms with Gasteiger partial charge in [0.1, 0.15) is 0 Å². The van der Waals surface area contributed by atoms with Gasteiger partial charge in [0.15, 0.2) is 0 Å². The summed E-state index contributed by atoms with van der Waals surface area (Å²) in [5.41, 5.74) is 1.48. The molecule has 6 heteroatoms. The molecule has 0 aliphatic carbocycles. The molecule has 5 nitrogen and oxygen atoms in total. The summed E-state index contributed by atoms with van der Waals surface area (Å²) in [6.45, 7) is 3.48. The first-order chi connectivity index (χ1) is 8.97. The van der Waals surface area contributed by atoms with Gasteiger partial charge in [0.2, 0.25) is 10.0 Å². The molecule has 0 saturated heterocycles. The zero-order valence-electron chi connectivity index (χ0n) is 11.3. The highest BCUT2D eigenvalue weighted by molar-refractivity contribution is 7.88. The standard InChI is InChI=1S/C13H19N3O2S/c1-3-16(19(2,17)18)9-5-8-15-13-7-4-6-12(10-13)11-14/h4,6-7,10,15H,3,5,8-9H2,1-2H3. The number of anilines is 1. The second-order valence-electron chi connectivity index (χ2n) is 4.23. The van der Waals surface area contributed by atoms with Crippen LogP contribution in [-0.4, -0.2) is 38.6 Å². The summed E-state index contributed by atoms with van der Waals surface area (Å²) < 4.78 is 24.2. The Morgan fingerprint density at radius 1 is 1.42 bits per heavy atom. The number of nitrogens with zero attached hydrogens (tertiary/aromatic N) is 2.